The highest BCUT2D eigenvalue weighted by Gasteiger charge is 2.14. The van der Waals surface area contributed by atoms with Crippen LogP contribution < -0.4 is 10.2 Å². The summed E-state index contributed by atoms with van der Waals surface area (Å²) in [5.41, 5.74) is 2.43. The average Bonchev–Trinajstić information content (AvgIpc) is 2.58. The SMILES string of the molecule is CCc1ccc(N(CCC(=O)Nc2cc(Cl)ccc2Cl)C(C)=O)cc1. The van der Waals surface area contributed by atoms with E-state index in [4.69, 9.17) is 23.2 Å². The number of nitrogens with zero attached hydrogens (tertiary/aromatic N) is 1. The van der Waals surface area contributed by atoms with E-state index in [2.05, 4.69) is 12.2 Å². The van der Waals surface area contributed by atoms with Gasteiger partial charge in [-0.05, 0) is 42.3 Å². The van der Waals surface area contributed by atoms with Crippen molar-refractivity contribution in [3.05, 3.63) is 58.1 Å². The molecule has 2 aromatic rings. The van der Waals surface area contributed by atoms with Crippen molar-refractivity contribution in [1.82, 2.24) is 0 Å². The van der Waals surface area contributed by atoms with Crippen molar-refractivity contribution in [2.45, 2.75) is 26.7 Å². The van der Waals surface area contributed by atoms with E-state index in [1.165, 1.54) is 12.5 Å². The molecule has 0 heterocycles. The van der Waals surface area contributed by atoms with Gasteiger partial charge < -0.3 is 10.2 Å². The first-order chi connectivity index (χ1) is 11.9. The van der Waals surface area contributed by atoms with Crippen LogP contribution in [0.3, 0.4) is 0 Å². The lowest BCUT2D eigenvalue weighted by Gasteiger charge is -2.21. The number of rotatable bonds is 6. The fourth-order valence-electron chi connectivity index (χ4n) is 2.40. The van der Waals surface area contributed by atoms with Crippen molar-refractivity contribution in [3.63, 3.8) is 0 Å². The maximum absolute atomic E-state index is 12.2. The number of benzene rings is 2. The van der Waals surface area contributed by atoms with E-state index in [0.717, 1.165) is 12.1 Å². The minimum Gasteiger partial charge on any atom is -0.325 e. The quantitative estimate of drug-likeness (QED) is 0.773. The van der Waals surface area contributed by atoms with Gasteiger partial charge in [-0.1, -0.05) is 42.3 Å². The van der Waals surface area contributed by atoms with E-state index in [-0.39, 0.29) is 24.8 Å². The molecule has 25 heavy (non-hydrogen) atoms. The fourth-order valence-corrected chi connectivity index (χ4v) is 2.74. The Balaban J connectivity index is 2.01. The molecule has 132 valence electrons. The Hall–Kier alpha value is -2.04. The van der Waals surface area contributed by atoms with Gasteiger partial charge in [-0.25, -0.2) is 0 Å². The highest BCUT2D eigenvalue weighted by atomic mass is 35.5. The second-order valence-electron chi connectivity index (χ2n) is 5.61. The van der Waals surface area contributed by atoms with Crippen molar-refractivity contribution in [3.8, 4) is 0 Å². The van der Waals surface area contributed by atoms with Crippen molar-refractivity contribution in [1.29, 1.82) is 0 Å². The van der Waals surface area contributed by atoms with Gasteiger partial charge in [0.2, 0.25) is 11.8 Å². The van der Waals surface area contributed by atoms with Crippen LogP contribution in [-0.2, 0) is 16.0 Å². The topological polar surface area (TPSA) is 49.4 Å². The first-order valence-corrected chi connectivity index (χ1v) is 8.78. The molecule has 2 amide bonds. The normalized spacial score (nSPS) is 10.4. The van der Waals surface area contributed by atoms with Crippen LogP contribution in [0.4, 0.5) is 11.4 Å². The van der Waals surface area contributed by atoms with Crippen molar-refractivity contribution in [2.24, 2.45) is 0 Å². The van der Waals surface area contributed by atoms with Gasteiger partial charge in [0.05, 0.1) is 10.7 Å². The van der Waals surface area contributed by atoms with Crippen LogP contribution in [0, 0.1) is 0 Å². The smallest absolute Gasteiger partial charge is 0.226 e. The summed E-state index contributed by atoms with van der Waals surface area (Å²) >= 11 is 12.0. The van der Waals surface area contributed by atoms with E-state index < -0.39 is 0 Å². The molecule has 0 atom stereocenters. The van der Waals surface area contributed by atoms with Crippen molar-refractivity contribution >= 4 is 46.4 Å². The Kier molecular flexibility index (Phi) is 6.85. The third-order valence-electron chi connectivity index (χ3n) is 3.80. The highest BCUT2D eigenvalue weighted by Crippen LogP contribution is 2.25. The Morgan fingerprint density at radius 2 is 1.76 bits per heavy atom. The summed E-state index contributed by atoms with van der Waals surface area (Å²) in [6.07, 6.45) is 1.08. The first-order valence-electron chi connectivity index (χ1n) is 8.02. The number of aryl methyl sites for hydroxylation is 1. The minimum atomic E-state index is -0.236. The predicted octanol–water partition coefficient (Wildman–Crippen LogP) is 4.94. The maximum atomic E-state index is 12.2. The Labute approximate surface area is 157 Å². The van der Waals surface area contributed by atoms with Gasteiger partial charge >= 0.3 is 0 Å². The van der Waals surface area contributed by atoms with Crippen LogP contribution in [0.5, 0.6) is 0 Å². The fraction of sp³-hybridized carbons (Fsp3) is 0.263. The molecule has 0 aliphatic carbocycles. The minimum absolute atomic E-state index is 0.113. The Morgan fingerprint density at radius 1 is 1.08 bits per heavy atom. The van der Waals surface area contributed by atoms with Gasteiger partial charge in [0.1, 0.15) is 0 Å². The molecule has 0 fully saturated rings. The number of nitrogens with one attached hydrogen (secondary N) is 1. The summed E-state index contributed by atoms with van der Waals surface area (Å²) in [6.45, 7) is 3.84. The lowest BCUT2D eigenvalue weighted by atomic mass is 10.1. The number of amides is 2. The number of carbonyl (C=O) groups is 2. The molecule has 0 unspecified atom stereocenters. The molecule has 0 saturated carbocycles. The van der Waals surface area contributed by atoms with Gasteiger partial charge in [0.25, 0.3) is 0 Å². The molecule has 4 nitrogen and oxygen atoms in total. The van der Waals surface area contributed by atoms with E-state index >= 15 is 0 Å². The largest absolute Gasteiger partial charge is 0.325 e. The Bertz CT molecular complexity index is 761. The zero-order valence-corrected chi connectivity index (χ0v) is 15.7. The van der Waals surface area contributed by atoms with Gasteiger partial charge in [-0.15, -0.1) is 0 Å². The van der Waals surface area contributed by atoms with Crippen LogP contribution in [-0.4, -0.2) is 18.4 Å². The molecule has 6 heteroatoms. The molecule has 2 aromatic carbocycles. The molecule has 0 saturated heterocycles. The molecular formula is C19H20Cl2N2O2. The van der Waals surface area contributed by atoms with Crippen molar-refractivity contribution in [2.75, 3.05) is 16.8 Å². The number of carbonyl (C=O) groups excluding carboxylic acids is 2. The standard InChI is InChI=1S/C19H20Cl2N2O2/c1-3-14-4-7-16(8-5-14)23(13(2)24)11-10-19(25)22-18-12-15(20)6-9-17(18)21/h4-9,12H,3,10-11H2,1-2H3,(H,22,25). The molecule has 1 N–H and O–H groups in total. The summed E-state index contributed by atoms with van der Waals surface area (Å²) in [5, 5.41) is 3.62. The third-order valence-corrected chi connectivity index (χ3v) is 4.37. The zero-order valence-electron chi connectivity index (χ0n) is 14.2. The monoisotopic (exact) mass is 378 g/mol. The molecule has 0 bridgehead atoms. The molecular weight excluding hydrogens is 359 g/mol. The molecule has 0 aliphatic rings. The number of hydrogen-bond donors (Lipinski definition) is 1. The van der Waals surface area contributed by atoms with E-state index in [0.29, 0.717) is 15.7 Å². The summed E-state index contributed by atoms with van der Waals surface area (Å²) in [5.74, 6) is -0.349. The first kappa shape index (κ1) is 19.3. The third kappa shape index (κ3) is 5.48. The van der Waals surface area contributed by atoms with Crippen LogP contribution >= 0.6 is 23.2 Å². The zero-order chi connectivity index (χ0) is 18.4. The molecule has 0 aliphatic heterocycles. The predicted molar refractivity (Wildman–Crippen MR) is 104 cm³/mol. The summed E-state index contributed by atoms with van der Waals surface area (Å²) in [7, 11) is 0. The van der Waals surface area contributed by atoms with Gasteiger partial charge in [0, 0.05) is 30.6 Å². The number of anilines is 2. The summed E-state index contributed by atoms with van der Waals surface area (Å²) in [4.78, 5) is 25.7. The van der Waals surface area contributed by atoms with E-state index in [1.807, 2.05) is 24.3 Å². The lowest BCUT2D eigenvalue weighted by Crippen LogP contribution is -2.32. The summed E-state index contributed by atoms with van der Waals surface area (Å²) < 4.78 is 0. The molecule has 0 aromatic heterocycles. The van der Waals surface area contributed by atoms with Gasteiger partial charge in [-0.2, -0.15) is 0 Å². The Morgan fingerprint density at radius 3 is 2.36 bits per heavy atom. The molecule has 2 rings (SSSR count). The van der Waals surface area contributed by atoms with Gasteiger partial charge in [-0.3, -0.25) is 9.59 Å². The van der Waals surface area contributed by atoms with Crippen LogP contribution in [0.2, 0.25) is 10.0 Å². The van der Waals surface area contributed by atoms with E-state index in [1.54, 1.807) is 23.1 Å². The number of halogens is 2. The van der Waals surface area contributed by atoms with E-state index in [9.17, 15) is 9.59 Å². The molecule has 0 spiro atoms. The van der Waals surface area contributed by atoms with Crippen LogP contribution in [0.1, 0.15) is 25.8 Å². The van der Waals surface area contributed by atoms with Crippen molar-refractivity contribution < 1.29 is 9.59 Å². The lowest BCUT2D eigenvalue weighted by molar-refractivity contribution is -0.117. The average molecular weight is 379 g/mol. The van der Waals surface area contributed by atoms with Gasteiger partial charge in [0.15, 0.2) is 0 Å². The second kappa shape index (κ2) is 8.88. The highest BCUT2D eigenvalue weighted by molar-refractivity contribution is 6.35. The second-order valence-corrected chi connectivity index (χ2v) is 6.46. The van der Waals surface area contributed by atoms with Crippen LogP contribution in [0.25, 0.3) is 0 Å². The summed E-state index contributed by atoms with van der Waals surface area (Å²) in [6, 6.07) is 12.6. The van der Waals surface area contributed by atoms with Crippen LogP contribution in [0.15, 0.2) is 42.5 Å². The maximum Gasteiger partial charge on any atom is 0.226 e. The molecule has 0 radical (unpaired) electrons. The number of hydrogen-bond acceptors (Lipinski definition) is 2.